The fourth-order valence-corrected chi connectivity index (χ4v) is 6.53. The number of alkyl halides is 1. The maximum Gasteiger partial charge on any atom is 0.243 e. The molecule has 0 aliphatic carbocycles. The maximum atomic E-state index is 13.8. The van der Waals surface area contributed by atoms with Crippen molar-refractivity contribution in [3.63, 3.8) is 0 Å². The Kier molecular flexibility index (Phi) is 11.2. The number of aliphatic hydroxyl groups is 1. The van der Waals surface area contributed by atoms with Crippen molar-refractivity contribution in [1.29, 1.82) is 0 Å². The topological polar surface area (TPSA) is 125 Å². The van der Waals surface area contributed by atoms with Gasteiger partial charge in [0.1, 0.15) is 17.7 Å². The van der Waals surface area contributed by atoms with Crippen LogP contribution in [0.15, 0.2) is 53.4 Å². The first-order chi connectivity index (χ1) is 19.2. The third kappa shape index (κ3) is 8.91. The summed E-state index contributed by atoms with van der Waals surface area (Å²) in [5, 5.41) is 17.1. The Bertz CT molecular complexity index is 1300. The molecule has 1 aliphatic heterocycles. The molecule has 1 aliphatic rings. The Balaban J connectivity index is 1.91. The zero-order valence-electron chi connectivity index (χ0n) is 24.4. The second-order valence-corrected chi connectivity index (χ2v) is 14.2. The van der Waals surface area contributed by atoms with Gasteiger partial charge in [-0.25, -0.2) is 8.42 Å². The van der Waals surface area contributed by atoms with Gasteiger partial charge < -0.3 is 20.5 Å². The number of sulfonamides is 1. The second kappa shape index (κ2) is 14.0. The summed E-state index contributed by atoms with van der Waals surface area (Å²) >= 11 is 5.68. The van der Waals surface area contributed by atoms with Crippen molar-refractivity contribution in [3.8, 4) is 5.75 Å². The van der Waals surface area contributed by atoms with E-state index in [-0.39, 0.29) is 36.2 Å². The van der Waals surface area contributed by atoms with Crippen LogP contribution in [0.3, 0.4) is 0 Å². The molecule has 2 unspecified atom stereocenters. The number of benzene rings is 2. The molecule has 2 aromatic carbocycles. The number of rotatable bonds is 13. The predicted molar refractivity (Wildman–Crippen MR) is 159 cm³/mol. The van der Waals surface area contributed by atoms with E-state index < -0.39 is 45.4 Å². The molecule has 2 amide bonds. The standard InChI is InChI=1S/C30H42ClN3O6S/c1-20(2)18-34(41(38,39)23-11-12-26-22(16-23)13-14-40-26)19-25(35)24(15-21-9-7-6-8-10-21)32-29(37)28(30(3,4)5)33-27(36)17-31/h6-12,16,20,24-25,28,35H,13-15,17-19H2,1-5H3,(H,32,37)(H,33,36)/t24?,25?,28-/m1/s1. The Labute approximate surface area is 248 Å². The van der Waals surface area contributed by atoms with E-state index >= 15 is 0 Å². The number of ether oxygens (including phenoxy) is 1. The smallest absolute Gasteiger partial charge is 0.243 e. The van der Waals surface area contributed by atoms with E-state index in [9.17, 15) is 23.1 Å². The third-order valence-electron chi connectivity index (χ3n) is 6.90. The maximum absolute atomic E-state index is 13.8. The van der Waals surface area contributed by atoms with E-state index in [0.29, 0.717) is 18.8 Å². The summed E-state index contributed by atoms with van der Waals surface area (Å²) in [4.78, 5) is 25.7. The average Bonchev–Trinajstić information content (AvgIpc) is 3.38. The molecule has 2 aromatic rings. The molecule has 9 nitrogen and oxygen atoms in total. The summed E-state index contributed by atoms with van der Waals surface area (Å²) in [5.41, 5.74) is 1.03. The molecular formula is C30H42ClN3O6S. The number of hydrogen-bond acceptors (Lipinski definition) is 6. The highest BCUT2D eigenvalue weighted by molar-refractivity contribution is 7.89. The van der Waals surface area contributed by atoms with Crippen LogP contribution in [0.4, 0.5) is 0 Å². The van der Waals surface area contributed by atoms with Gasteiger partial charge in [-0.15, -0.1) is 11.6 Å². The van der Waals surface area contributed by atoms with Crippen LogP contribution in [-0.2, 0) is 32.5 Å². The molecule has 0 fully saturated rings. The van der Waals surface area contributed by atoms with E-state index in [1.54, 1.807) is 12.1 Å². The minimum absolute atomic E-state index is 0.0204. The lowest BCUT2D eigenvalue weighted by atomic mass is 9.85. The lowest BCUT2D eigenvalue weighted by molar-refractivity contribution is -0.131. The predicted octanol–water partition coefficient (Wildman–Crippen LogP) is 3.13. The molecule has 1 heterocycles. The number of hydrogen-bond donors (Lipinski definition) is 3. The van der Waals surface area contributed by atoms with Crippen molar-refractivity contribution >= 4 is 33.4 Å². The summed E-state index contributed by atoms with van der Waals surface area (Å²) in [6.07, 6.45) is -0.374. The van der Waals surface area contributed by atoms with E-state index in [1.807, 2.05) is 65.0 Å². The van der Waals surface area contributed by atoms with Crippen LogP contribution in [-0.4, -0.2) is 73.4 Å². The molecule has 0 aromatic heterocycles. The Morgan fingerprint density at radius 2 is 1.76 bits per heavy atom. The molecule has 0 saturated carbocycles. The SMILES string of the molecule is CC(C)CN(CC(O)C(Cc1ccccc1)NC(=O)[C@@H](NC(=O)CCl)C(C)(C)C)S(=O)(=O)c1ccc2c(c1)CCO2. The van der Waals surface area contributed by atoms with Crippen LogP contribution in [0.2, 0.25) is 0 Å². The Hall–Kier alpha value is -2.66. The molecule has 226 valence electrons. The van der Waals surface area contributed by atoms with Gasteiger partial charge in [0.15, 0.2) is 0 Å². The third-order valence-corrected chi connectivity index (χ3v) is 8.97. The number of nitrogens with one attached hydrogen (secondary N) is 2. The van der Waals surface area contributed by atoms with E-state index in [4.69, 9.17) is 16.3 Å². The van der Waals surface area contributed by atoms with E-state index in [0.717, 1.165) is 11.1 Å². The first kappa shape index (κ1) is 32.8. The van der Waals surface area contributed by atoms with Crippen molar-refractivity contribution in [2.45, 2.75) is 70.5 Å². The molecule has 3 N–H and O–H groups in total. The fourth-order valence-electron chi connectivity index (χ4n) is 4.78. The normalized spacial score (nSPS) is 15.6. The molecule has 0 bridgehead atoms. The zero-order chi connectivity index (χ0) is 30.4. The molecule has 0 spiro atoms. The average molecular weight is 608 g/mol. The number of carbonyl (C=O) groups is 2. The van der Waals surface area contributed by atoms with Crippen molar-refractivity contribution < 1.29 is 27.9 Å². The summed E-state index contributed by atoms with van der Waals surface area (Å²) in [5.74, 6) is -0.622. The molecule has 0 saturated heterocycles. The van der Waals surface area contributed by atoms with Crippen molar-refractivity contribution in [1.82, 2.24) is 14.9 Å². The number of carbonyl (C=O) groups excluding carboxylic acids is 2. The lowest BCUT2D eigenvalue weighted by Gasteiger charge is -2.34. The highest BCUT2D eigenvalue weighted by Gasteiger charge is 2.36. The van der Waals surface area contributed by atoms with Gasteiger partial charge >= 0.3 is 0 Å². The second-order valence-electron chi connectivity index (χ2n) is 12.0. The van der Waals surface area contributed by atoms with Gasteiger partial charge in [0.05, 0.1) is 23.6 Å². The van der Waals surface area contributed by atoms with Crippen LogP contribution in [0, 0.1) is 11.3 Å². The van der Waals surface area contributed by atoms with Crippen LogP contribution in [0.25, 0.3) is 0 Å². The Morgan fingerprint density at radius 3 is 2.37 bits per heavy atom. The summed E-state index contributed by atoms with van der Waals surface area (Å²) in [6, 6.07) is 12.4. The van der Waals surface area contributed by atoms with E-state index in [2.05, 4.69) is 10.6 Å². The number of nitrogens with zero attached hydrogens (tertiary/aromatic N) is 1. The van der Waals surface area contributed by atoms with Gasteiger partial charge in [0, 0.05) is 19.5 Å². The molecule has 11 heteroatoms. The number of fused-ring (bicyclic) bond motifs is 1. The lowest BCUT2D eigenvalue weighted by Crippen LogP contribution is -2.59. The first-order valence-corrected chi connectivity index (χ1v) is 15.8. The minimum Gasteiger partial charge on any atom is -0.493 e. The van der Waals surface area contributed by atoms with Crippen LogP contribution in [0.5, 0.6) is 5.75 Å². The Morgan fingerprint density at radius 1 is 1.07 bits per heavy atom. The first-order valence-electron chi connectivity index (χ1n) is 13.9. The van der Waals surface area contributed by atoms with Gasteiger partial charge in [0.25, 0.3) is 0 Å². The van der Waals surface area contributed by atoms with Gasteiger partial charge in [0.2, 0.25) is 21.8 Å². The van der Waals surface area contributed by atoms with Gasteiger partial charge in [-0.05, 0) is 47.1 Å². The van der Waals surface area contributed by atoms with Crippen molar-refractivity contribution in [2.24, 2.45) is 11.3 Å². The summed E-state index contributed by atoms with van der Waals surface area (Å²) < 4.78 is 34.5. The number of halogens is 1. The zero-order valence-corrected chi connectivity index (χ0v) is 26.0. The fraction of sp³-hybridized carbons (Fsp3) is 0.533. The highest BCUT2D eigenvalue weighted by atomic mass is 35.5. The quantitative estimate of drug-likeness (QED) is 0.301. The van der Waals surface area contributed by atoms with E-state index in [1.165, 1.54) is 10.4 Å². The monoisotopic (exact) mass is 607 g/mol. The van der Waals surface area contributed by atoms with Crippen LogP contribution < -0.4 is 15.4 Å². The number of aliphatic hydroxyl groups excluding tert-OH is 1. The molecule has 3 rings (SSSR count). The highest BCUT2D eigenvalue weighted by Crippen LogP contribution is 2.29. The summed E-state index contributed by atoms with van der Waals surface area (Å²) in [7, 11) is -3.97. The minimum atomic E-state index is -3.97. The van der Waals surface area contributed by atoms with Crippen molar-refractivity contribution in [3.05, 3.63) is 59.7 Å². The van der Waals surface area contributed by atoms with Crippen LogP contribution >= 0.6 is 11.6 Å². The van der Waals surface area contributed by atoms with Crippen molar-refractivity contribution in [2.75, 3.05) is 25.6 Å². The molecule has 41 heavy (non-hydrogen) atoms. The van der Waals surface area contributed by atoms with Crippen LogP contribution in [0.1, 0.15) is 45.7 Å². The largest absolute Gasteiger partial charge is 0.493 e. The molecular weight excluding hydrogens is 566 g/mol. The van der Waals surface area contributed by atoms with Gasteiger partial charge in [-0.3, -0.25) is 9.59 Å². The van der Waals surface area contributed by atoms with Gasteiger partial charge in [-0.2, -0.15) is 4.31 Å². The van der Waals surface area contributed by atoms with Gasteiger partial charge in [-0.1, -0.05) is 65.0 Å². The molecule has 3 atom stereocenters. The molecule has 0 radical (unpaired) electrons. The number of amides is 2. The summed E-state index contributed by atoms with van der Waals surface area (Å²) in [6.45, 7) is 9.70.